The number of benzene rings is 2. The molecule has 1 N–H and O–H groups in total. The number of fused-ring (bicyclic) bond motifs is 1. The highest BCUT2D eigenvalue weighted by Gasteiger charge is 2.28. The molecule has 0 aliphatic carbocycles. The van der Waals surface area contributed by atoms with Gasteiger partial charge in [0.15, 0.2) is 5.78 Å². The Morgan fingerprint density at radius 2 is 1.91 bits per heavy atom. The molecular weight excluding hydrogens is 328 g/mol. The normalized spacial score (nSPS) is 13.3. The number of carbonyl (C=O) groups is 2. The number of nitrogens with one attached hydrogen (secondary N) is 1. The third-order valence-corrected chi connectivity index (χ3v) is 3.67. The third-order valence-electron chi connectivity index (χ3n) is 3.38. The second-order valence-electron chi connectivity index (χ2n) is 4.90. The molecule has 1 aliphatic rings. The van der Waals surface area contributed by atoms with Gasteiger partial charge in [0, 0.05) is 12.1 Å². The summed E-state index contributed by atoms with van der Waals surface area (Å²) in [5, 5.41) is 2.36. The van der Waals surface area contributed by atoms with E-state index in [2.05, 4.69) is 5.32 Å². The van der Waals surface area contributed by atoms with E-state index in [9.17, 15) is 18.4 Å². The predicted octanol–water partition coefficient (Wildman–Crippen LogP) is 3.84. The SMILES string of the molecule is O=C(Nc1ccc(F)c(Cl)c1)c1ccc(F)c2c1OCCC2=O. The average molecular weight is 338 g/mol. The van der Waals surface area contributed by atoms with Gasteiger partial charge in [-0.25, -0.2) is 8.78 Å². The Morgan fingerprint density at radius 1 is 1.17 bits per heavy atom. The zero-order valence-electron chi connectivity index (χ0n) is 11.7. The molecule has 0 saturated carbocycles. The number of amides is 1. The number of anilines is 1. The molecule has 118 valence electrons. The standard InChI is InChI=1S/C16H10ClF2NO3/c17-10-7-8(1-3-11(10)18)20-16(22)9-2-4-12(19)14-13(21)5-6-23-15(9)14/h1-4,7H,5-6H2,(H,20,22). The molecule has 0 radical (unpaired) electrons. The van der Waals surface area contributed by atoms with Gasteiger partial charge in [0.1, 0.15) is 17.4 Å². The van der Waals surface area contributed by atoms with Crippen molar-refractivity contribution in [2.45, 2.75) is 6.42 Å². The summed E-state index contributed by atoms with van der Waals surface area (Å²) in [7, 11) is 0. The smallest absolute Gasteiger partial charge is 0.259 e. The maximum Gasteiger partial charge on any atom is 0.259 e. The minimum absolute atomic E-state index is 0.0231. The zero-order chi connectivity index (χ0) is 16.6. The van der Waals surface area contributed by atoms with Gasteiger partial charge in [0.25, 0.3) is 5.91 Å². The van der Waals surface area contributed by atoms with Gasteiger partial charge >= 0.3 is 0 Å². The van der Waals surface area contributed by atoms with Gasteiger partial charge in [-0.05, 0) is 30.3 Å². The van der Waals surface area contributed by atoms with Crippen LogP contribution in [-0.2, 0) is 0 Å². The maximum absolute atomic E-state index is 13.8. The van der Waals surface area contributed by atoms with Crippen LogP contribution in [0.3, 0.4) is 0 Å². The second-order valence-corrected chi connectivity index (χ2v) is 5.31. The van der Waals surface area contributed by atoms with Crippen LogP contribution in [-0.4, -0.2) is 18.3 Å². The van der Waals surface area contributed by atoms with Gasteiger partial charge in [0.05, 0.1) is 22.8 Å². The molecule has 3 rings (SSSR count). The van der Waals surface area contributed by atoms with Crippen molar-refractivity contribution in [3.63, 3.8) is 0 Å². The number of Topliss-reactive ketones (excluding diaryl/α,β-unsaturated/α-hetero) is 1. The fourth-order valence-electron chi connectivity index (χ4n) is 2.29. The van der Waals surface area contributed by atoms with Crippen molar-refractivity contribution in [2.24, 2.45) is 0 Å². The molecule has 4 nitrogen and oxygen atoms in total. The molecule has 0 saturated heterocycles. The van der Waals surface area contributed by atoms with Crippen molar-refractivity contribution in [3.8, 4) is 5.75 Å². The number of rotatable bonds is 2. The molecular formula is C16H10ClF2NO3. The summed E-state index contributed by atoms with van der Waals surface area (Å²) in [6.07, 6.45) is 0.0581. The molecule has 1 amide bonds. The third kappa shape index (κ3) is 2.90. The molecule has 0 unspecified atom stereocenters. The lowest BCUT2D eigenvalue weighted by Crippen LogP contribution is -2.22. The molecule has 2 aromatic rings. The molecule has 23 heavy (non-hydrogen) atoms. The zero-order valence-corrected chi connectivity index (χ0v) is 12.4. The summed E-state index contributed by atoms with van der Waals surface area (Å²) in [4.78, 5) is 24.1. The van der Waals surface area contributed by atoms with Crippen LogP contribution in [0.1, 0.15) is 27.1 Å². The van der Waals surface area contributed by atoms with Crippen LogP contribution in [0.5, 0.6) is 5.75 Å². The van der Waals surface area contributed by atoms with Crippen LogP contribution in [0.4, 0.5) is 14.5 Å². The molecule has 0 spiro atoms. The van der Waals surface area contributed by atoms with Crippen molar-refractivity contribution >= 4 is 29.0 Å². The van der Waals surface area contributed by atoms with Crippen molar-refractivity contribution in [3.05, 3.63) is 58.1 Å². The lowest BCUT2D eigenvalue weighted by atomic mass is 10.00. The quantitative estimate of drug-likeness (QED) is 0.906. The molecule has 1 aliphatic heterocycles. The first-order valence-electron chi connectivity index (χ1n) is 6.72. The van der Waals surface area contributed by atoms with Crippen LogP contribution in [0.25, 0.3) is 0 Å². The Kier molecular flexibility index (Phi) is 4.00. The van der Waals surface area contributed by atoms with Crippen molar-refractivity contribution in [2.75, 3.05) is 11.9 Å². The first kappa shape index (κ1) is 15.4. The average Bonchev–Trinajstić information content (AvgIpc) is 2.51. The minimum Gasteiger partial charge on any atom is -0.491 e. The first-order valence-corrected chi connectivity index (χ1v) is 7.10. The lowest BCUT2D eigenvalue weighted by Gasteiger charge is -2.19. The van der Waals surface area contributed by atoms with Crippen LogP contribution >= 0.6 is 11.6 Å². The molecule has 2 aromatic carbocycles. The Morgan fingerprint density at radius 3 is 2.65 bits per heavy atom. The van der Waals surface area contributed by atoms with Crippen molar-refractivity contribution in [1.82, 2.24) is 0 Å². The van der Waals surface area contributed by atoms with Gasteiger partial charge in [-0.3, -0.25) is 9.59 Å². The topological polar surface area (TPSA) is 55.4 Å². The van der Waals surface area contributed by atoms with Crippen molar-refractivity contribution in [1.29, 1.82) is 0 Å². The Hall–Kier alpha value is -2.47. The lowest BCUT2D eigenvalue weighted by molar-refractivity contribution is 0.0925. The summed E-state index contributed by atoms with van der Waals surface area (Å²) in [6, 6.07) is 5.96. The van der Waals surface area contributed by atoms with Crippen LogP contribution in [0.2, 0.25) is 5.02 Å². The predicted molar refractivity (Wildman–Crippen MR) is 80.2 cm³/mol. The molecule has 1 heterocycles. The van der Waals surface area contributed by atoms with E-state index in [-0.39, 0.29) is 40.6 Å². The monoisotopic (exact) mass is 337 g/mol. The molecule has 0 aromatic heterocycles. The summed E-state index contributed by atoms with van der Waals surface area (Å²) in [6.45, 7) is 0.0813. The highest BCUT2D eigenvalue weighted by Crippen LogP contribution is 2.32. The summed E-state index contributed by atoms with van der Waals surface area (Å²) < 4.78 is 32.2. The number of ether oxygens (including phenoxy) is 1. The van der Waals surface area contributed by atoms with Gasteiger partial charge < -0.3 is 10.1 Å². The van der Waals surface area contributed by atoms with E-state index in [0.717, 1.165) is 12.1 Å². The Labute approximate surface area is 135 Å². The summed E-state index contributed by atoms with van der Waals surface area (Å²) in [5.41, 5.74) is 0.0672. The molecule has 0 bridgehead atoms. The van der Waals surface area contributed by atoms with Crippen LogP contribution in [0.15, 0.2) is 30.3 Å². The van der Waals surface area contributed by atoms with Gasteiger partial charge in [-0.15, -0.1) is 0 Å². The van der Waals surface area contributed by atoms with E-state index in [1.165, 1.54) is 18.2 Å². The highest BCUT2D eigenvalue weighted by molar-refractivity contribution is 6.31. The molecule has 0 fully saturated rings. The molecule has 0 atom stereocenters. The van der Waals surface area contributed by atoms with Gasteiger partial charge in [-0.1, -0.05) is 11.6 Å². The first-order chi connectivity index (χ1) is 11.0. The Bertz CT molecular complexity index is 823. The fourth-order valence-corrected chi connectivity index (χ4v) is 2.47. The second kappa shape index (κ2) is 5.96. The van der Waals surface area contributed by atoms with E-state index < -0.39 is 23.3 Å². The maximum atomic E-state index is 13.8. The van der Waals surface area contributed by atoms with Crippen molar-refractivity contribution < 1.29 is 23.1 Å². The Balaban J connectivity index is 1.95. The number of ketones is 1. The number of hydrogen-bond acceptors (Lipinski definition) is 3. The highest BCUT2D eigenvalue weighted by atomic mass is 35.5. The van der Waals surface area contributed by atoms with Crippen LogP contribution in [0, 0.1) is 11.6 Å². The van der Waals surface area contributed by atoms with Gasteiger partial charge in [-0.2, -0.15) is 0 Å². The molecule has 7 heteroatoms. The number of carbonyl (C=O) groups excluding carboxylic acids is 2. The van der Waals surface area contributed by atoms with Gasteiger partial charge in [0.2, 0.25) is 0 Å². The van der Waals surface area contributed by atoms with E-state index >= 15 is 0 Å². The minimum atomic E-state index is -0.730. The summed E-state index contributed by atoms with van der Waals surface area (Å²) >= 11 is 5.65. The van der Waals surface area contributed by atoms with E-state index in [1.54, 1.807) is 0 Å². The fraction of sp³-hybridized carbons (Fsp3) is 0.125. The van der Waals surface area contributed by atoms with Crippen LogP contribution < -0.4 is 10.1 Å². The largest absolute Gasteiger partial charge is 0.491 e. The van der Waals surface area contributed by atoms with E-state index in [1.807, 2.05) is 0 Å². The summed E-state index contributed by atoms with van der Waals surface area (Å²) in [5.74, 6) is -2.45. The number of halogens is 3. The number of hydrogen-bond donors (Lipinski definition) is 1. The van der Waals surface area contributed by atoms with E-state index in [0.29, 0.717) is 0 Å². The van der Waals surface area contributed by atoms with E-state index in [4.69, 9.17) is 16.3 Å².